The van der Waals surface area contributed by atoms with Crippen molar-refractivity contribution in [2.75, 3.05) is 11.1 Å². The van der Waals surface area contributed by atoms with E-state index in [9.17, 15) is 9.59 Å². The maximum absolute atomic E-state index is 12.7. The van der Waals surface area contributed by atoms with E-state index in [1.165, 1.54) is 6.07 Å². The zero-order valence-electron chi connectivity index (χ0n) is 15.3. The van der Waals surface area contributed by atoms with Crippen molar-refractivity contribution in [2.24, 2.45) is 0 Å². The molecule has 9 heteroatoms. The van der Waals surface area contributed by atoms with Gasteiger partial charge in [-0.3, -0.25) is 4.79 Å². The SMILES string of the molecule is O=C(Nc1ccc(-c2cn3c(n2)SCC3)cc1)c1cc2cc(Br)cc(Br)c2oc1=O. The fourth-order valence-electron chi connectivity index (χ4n) is 3.29. The molecule has 2 aromatic heterocycles. The van der Waals surface area contributed by atoms with Gasteiger partial charge in [-0.15, -0.1) is 0 Å². The highest BCUT2D eigenvalue weighted by Gasteiger charge is 2.17. The molecule has 0 spiro atoms. The van der Waals surface area contributed by atoms with Gasteiger partial charge in [-0.1, -0.05) is 39.8 Å². The zero-order valence-corrected chi connectivity index (χ0v) is 19.3. The Morgan fingerprint density at radius 1 is 1.17 bits per heavy atom. The monoisotopic (exact) mass is 545 g/mol. The van der Waals surface area contributed by atoms with Crippen LogP contribution in [0.2, 0.25) is 0 Å². The molecule has 0 fully saturated rings. The number of imidazole rings is 1. The van der Waals surface area contributed by atoms with Gasteiger partial charge in [-0.25, -0.2) is 9.78 Å². The molecule has 0 radical (unpaired) electrons. The second-order valence-electron chi connectivity index (χ2n) is 6.74. The van der Waals surface area contributed by atoms with Crippen LogP contribution in [0.4, 0.5) is 5.69 Å². The minimum Gasteiger partial charge on any atom is -0.421 e. The number of halogens is 2. The minimum atomic E-state index is -0.690. The van der Waals surface area contributed by atoms with Crippen LogP contribution in [0, 0.1) is 0 Å². The van der Waals surface area contributed by atoms with E-state index in [1.54, 1.807) is 36.0 Å². The summed E-state index contributed by atoms with van der Waals surface area (Å²) in [5.41, 5.74) is 2.11. The van der Waals surface area contributed by atoms with Gasteiger partial charge >= 0.3 is 5.63 Å². The Labute approximate surface area is 191 Å². The molecule has 1 amide bonds. The zero-order chi connectivity index (χ0) is 20.8. The van der Waals surface area contributed by atoms with Gasteiger partial charge in [0.15, 0.2) is 10.7 Å². The fourth-order valence-corrected chi connectivity index (χ4v) is 5.57. The highest BCUT2D eigenvalue weighted by molar-refractivity contribution is 9.11. The summed E-state index contributed by atoms with van der Waals surface area (Å²) in [4.78, 5) is 29.7. The largest absolute Gasteiger partial charge is 0.421 e. The first kappa shape index (κ1) is 19.6. The Hall–Kier alpha value is -2.36. The van der Waals surface area contributed by atoms with E-state index < -0.39 is 11.5 Å². The van der Waals surface area contributed by atoms with Crippen molar-refractivity contribution in [1.29, 1.82) is 0 Å². The van der Waals surface area contributed by atoms with Crippen LogP contribution in [0.25, 0.3) is 22.2 Å². The van der Waals surface area contributed by atoms with Crippen LogP contribution >= 0.6 is 43.6 Å². The van der Waals surface area contributed by atoms with Crippen molar-refractivity contribution >= 4 is 66.2 Å². The molecule has 150 valence electrons. The predicted octanol–water partition coefficient (Wildman–Crippen LogP) is 5.54. The third-order valence-electron chi connectivity index (χ3n) is 4.74. The summed E-state index contributed by atoms with van der Waals surface area (Å²) in [6.45, 7) is 0.975. The first-order valence-electron chi connectivity index (χ1n) is 9.02. The van der Waals surface area contributed by atoms with Gasteiger partial charge < -0.3 is 14.3 Å². The average molecular weight is 547 g/mol. The van der Waals surface area contributed by atoms with E-state index in [4.69, 9.17) is 4.42 Å². The molecule has 6 nitrogen and oxygen atoms in total. The van der Waals surface area contributed by atoms with E-state index in [2.05, 4.69) is 46.7 Å². The number of hydrogen-bond donors (Lipinski definition) is 1. The number of amides is 1. The van der Waals surface area contributed by atoms with Crippen LogP contribution in [0.1, 0.15) is 10.4 Å². The molecule has 3 heterocycles. The standard InChI is InChI=1S/C21H13Br2N3O3S/c22-13-7-12-8-15(20(28)29-18(12)16(23)9-13)19(27)24-14-3-1-11(2-4-14)17-10-26-5-6-30-21(26)25-17/h1-4,7-10H,5-6H2,(H,24,27). The number of carbonyl (C=O) groups is 1. The van der Waals surface area contributed by atoms with E-state index in [1.807, 2.05) is 18.3 Å². The molecule has 5 rings (SSSR count). The van der Waals surface area contributed by atoms with Crippen molar-refractivity contribution in [3.05, 3.63) is 73.6 Å². The number of rotatable bonds is 3. The summed E-state index contributed by atoms with van der Waals surface area (Å²) in [5, 5.41) is 4.43. The Morgan fingerprint density at radius 3 is 2.73 bits per heavy atom. The molecule has 30 heavy (non-hydrogen) atoms. The lowest BCUT2D eigenvalue weighted by Gasteiger charge is -2.07. The Morgan fingerprint density at radius 2 is 1.97 bits per heavy atom. The van der Waals surface area contributed by atoms with Crippen LogP contribution < -0.4 is 10.9 Å². The number of carbonyl (C=O) groups excluding carboxylic acids is 1. The number of fused-ring (bicyclic) bond motifs is 2. The first-order chi connectivity index (χ1) is 14.5. The van der Waals surface area contributed by atoms with Crippen LogP contribution in [0.15, 0.2) is 72.0 Å². The predicted molar refractivity (Wildman–Crippen MR) is 124 cm³/mol. The Bertz CT molecular complexity index is 1340. The fraction of sp³-hybridized carbons (Fsp3) is 0.0952. The lowest BCUT2D eigenvalue weighted by atomic mass is 10.1. The highest BCUT2D eigenvalue weighted by Crippen LogP contribution is 2.30. The van der Waals surface area contributed by atoms with Gasteiger partial charge in [0.1, 0.15) is 5.56 Å². The summed E-state index contributed by atoms with van der Waals surface area (Å²) in [5.74, 6) is 0.538. The normalized spacial score (nSPS) is 12.9. The Kier molecular flexibility index (Phi) is 5.04. The number of thioether (sulfide) groups is 1. The van der Waals surface area contributed by atoms with Crippen molar-refractivity contribution in [2.45, 2.75) is 11.7 Å². The van der Waals surface area contributed by atoms with Crippen molar-refractivity contribution in [3.63, 3.8) is 0 Å². The summed E-state index contributed by atoms with van der Waals surface area (Å²) in [6.07, 6.45) is 2.04. The highest BCUT2D eigenvalue weighted by atomic mass is 79.9. The number of nitrogens with zero attached hydrogens (tertiary/aromatic N) is 2. The summed E-state index contributed by atoms with van der Waals surface area (Å²) < 4.78 is 8.93. The second-order valence-corrected chi connectivity index (χ2v) is 9.57. The molecule has 0 atom stereocenters. The van der Waals surface area contributed by atoms with Crippen LogP contribution in [0.5, 0.6) is 0 Å². The number of aromatic nitrogens is 2. The van der Waals surface area contributed by atoms with Gasteiger partial charge in [0.25, 0.3) is 5.91 Å². The molecule has 0 saturated heterocycles. The van der Waals surface area contributed by atoms with E-state index >= 15 is 0 Å². The van der Waals surface area contributed by atoms with Gasteiger partial charge in [0.05, 0.1) is 10.2 Å². The molecule has 0 aliphatic carbocycles. The second kappa shape index (κ2) is 7.72. The summed E-state index contributed by atoms with van der Waals surface area (Å²) in [7, 11) is 0. The molecule has 0 bridgehead atoms. The molecule has 1 aliphatic rings. The van der Waals surface area contributed by atoms with E-state index in [-0.39, 0.29) is 5.56 Å². The average Bonchev–Trinajstić information content (AvgIpc) is 3.31. The lowest BCUT2D eigenvalue weighted by molar-refractivity contribution is 0.102. The first-order valence-corrected chi connectivity index (χ1v) is 11.6. The van der Waals surface area contributed by atoms with Gasteiger partial charge in [-0.2, -0.15) is 0 Å². The van der Waals surface area contributed by atoms with Crippen LogP contribution in [0.3, 0.4) is 0 Å². The molecule has 1 N–H and O–H groups in total. The third-order valence-corrected chi connectivity index (χ3v) is 6.76. The van der Waals surface area contributed by atoms with Crippen LogP contribution in [-0.4, -0.2) is 21.2 Å². The van der Waals surface area contributed by atoms with E-state index in [0.717, 1.165) is 33.2 Å². The van der Waals surface area contributed by atoms with Gasteiger partial charge in [0, 0.05) is 39.6 Å². The van der Waals surface area contributed by atoms with Gasteiger partial charge in [-0.05, 0) is 46.3 Å². The maximum Gasteiger partial charge on any atom is 0.349 e. The Balaban J connectivity index is 1.39. The van der Waals surface area contributed by atoms with Crippen molar-refractivity contribution in [1.82, 2.24) is 9.55 Å². The van der Waals surface area contributed by atoms with E-state index in [0.29, 0.717) is 21.1 Å². The minimum absolute atomic E-state index is 0.0564. The smallest absolute Gasteiger partial charge is 0.349 e. The van der Waals surface area contributed by atoms with Crippen molar-refractivity contribution < 1.29 is 9.21 Å². The topological polar surface area (TPSA) is 77.1 Å². The maximum atomic E-state index is 12.7. The third kappa shape index (κ3) is 3.61. The number of benzene rings is 2. The lowest BCUT2D eigenvalue weighted by Crippen LogP contribution is -2.20. The quantitative estimate of drug-likeness (QED) is 0.341. The number of nitrogens with one attached hydrogen (secondary N) is 1. The number of anilines is 1. The molecule has 0 saturated carbocycles. The summed E-state index contributed by atoms with van der Waals surface area (Å²) in [6, 6.07) is 12.5. The number of hydrogen-bond acceptors (Lipinski definition) is 5. The molecule has 2 aromatic carbocycles. The molecular formula is C21H13Br2N3O3S. The molecule has 4 aromatic rings. The van der Waals surface area contributed by atoms with Crippen molar-refractivity contribution in [3.8, 4) is 11.3 Å². The number of aryl methyl sites for hydroxylation is 1. The molecule has 1 aliphatic heterocycles. The van der Waals surface area contributed by atoms with Gasteiger partial charge in [0.2, 0.25) is 0 Å². The summed E-state index contributed by atoms with van der Waals surface area (Å²) >= 11 is 8.51. The van der Waals surface area contributed by atoms with Crippen LogP contribution in [-0.2, 0) is 6.54 Å². The molecular weight excluding hydrogens is 534 g/mol. The molecule has 0 unspecified atom stereocenters.